The Morgan fingerprint density at radius 1 is 0.442 bits per heavy atom. The minimum absolute atomic E-state index is 0.102. The van der Waals surface area contributed by atoms with Crippen LogP contribution in [-0.4, -0.2) is 0 Å². The third-order valence-corrected chi connectivity index (χ3v) is 7.48. The summed E-state index contributed by atoms with van der Waals surface area (Å²) in [5, 5.41) is -1.42. The maximum atomic E-state index is 9.35. The summed E-state index contributed by atoms with van der Waals surface area (Å²) in [5.41, 5.74) is -1.35. The van der Waals surface area contributed by atoms with Gasteiger partial charge in [0.1, 0.15) is 6.95 Å². The Labute approximate surface area is 277 Å². The van der Waals surface area contributed by atoms with Gasteiger partial charge in [0.25, 0.3) is 0 Å². The van der Waals surface area contributed by atoms with E-state index in [2.05, 4.69) is 0 Å². The van der Waals surface area contributed by atoms with Crippen LogP contribution in [0, 0.1) is 0 Å². The number of rotatable bonds is 3. The zero-order chi connectivity index (χ0) is 45.7. The lowest BCUT2D eigenvalue weighted by atomic mass is 9.85. The van der Waals surface area contributed by atoms with Gasteiger partial charge in [-0.25, -0.2) is 0 Å². The molecule has 0 bridgehead atoms. The highest BCUT2D eigenvalue weighted by atomic mass is 16.3. The lowest BCUT2D eigenvalue weighted by Crippen LogP contribution is -1.91. The molecule has 1 aromatic heterocycles. The van der Waals surface area contributed by atoms with Crippen molar-refractivity contribution in [2.24, 2.45) is 0 Å². The summed E-state index contributed by atoms with van der Waals surface area (Å²) in [5.74, 6) is 0. The number of furan rings is 1. The van der Waals surface area contributed by atoms with Crippen molar-refractivity contribution in [2.45, 2.75) is 0 Å². The van der Waals surface area contributed by atoms with Crippen LogP contribution < -0.4 is 0 Å². The summed E-state index contributed by atoms with van der Waals surface area (Å²) in [7, 11) is 0. The average molecular weight is 567 g/mol. The molecule has 0 aliphatic rings. The first-order chi connectivity index (χ1) is 29.6. The van der Waals surface area contributed by atoms with Crippen LogP contribution >= 0.6 is 0 Å². The summed E-state index contributed by atoms with van der Waals surface area (Å²) < 4.78 is 182. The van der Waals surface area contributed by atoms with Gasteiger partial charge in [0.15, 0.2) is 0 Å². The van der Waals surface area contributed by atoms with Crippen LogP contribution in [0.2, 0.25) is 0 Å². The maximum absolute atomic E-state index is 9.35. The Morgan fingerprint density at radius 3 is 1.88 bits per heavy atom. The number of hydrogen-bond acceptors (Lipinski definition) is 1. The van der Waals surface area contributed by atoms with Crippen molar-refractivity contribution < 1.29 is 31.8 Å². The first-order valence-electron chi connectivity index (χ1n) is 23.1. The van der Waals surface area contributed by atoms with E-state index in [0.717, 1.165) is 0 Å². The zero-order valence-corrected chi connectivity index (χ0v) is 21.9. The van der Waals surface area contributed by atoms with E-state index >= 15 is 0 Å². The Balaban J connectivity index is 1.53. The van der Waals surface area contributed by atoms with Gasteiger partial charge in [0.05, 0.1) is 32.3 Å². The monoisotopic (exact) mass is 566 g/mol. The van der Waals surface area contributed by atoms with E-state index in [1.165, 1.54) is 12.1 Å². The summed E-state index contributed by atoms with van der Waals surface area (Å²) in [6.45, 7) is 0. The zero-order valence-electron chi connectivity index (χ0n) is 41.9. The van der Waals surface area contributed by atoms with Gasteiger partial charge in [-0.15, -0.1) is 0 Å². The molecule has 1 heterocycles. The average Bonchev–Trinajstić information content (AvgIpc) is 3.57. The lowest BCUT2D eigenvalue weighted by molar-refractivity contribution is 0.616. The molecule has 9 aromatic rings. The van der Waals surface area contributed by atoms with E-state index in [0.29, 0.717) is 5.39 Å². The van der Waals surface area contributed by atoms with Gasteiger partial charge in [0, 0.05) is 5.39 Å². The van der Waals surface area contributed by atoms with Crippen LogP contribution in [0.1, 0.15) is 27.4 Å². The minimum Gasteiger partial charge on any atom is -0.464 e. The third kappa shape index (κ3) is 3.72. The van der Waals surface area contributed by atoms with Crippen LogP contribution in [0.25, 0.3) is 87.4 Å². The Kier molecular flexibility index (Phi) is 2.54. The van der Waals surface area contributed by atoms with E-state index in [4.69, 9.17) is 25.0 Å². The van der Waals surface area contributed by atoms with Crippen molar-refractivity contribution in [1.82, 2.24) is 0 Å². The van der Waals surface area contributed by atoms with E-state index in [1.54, 1.807) is 24.3 Å². The quantitative estimate of drug-likeness (QED) is 0.194. The molecule has 8 aromatic carbocycles. The molecule has 0 aliphatic heterocycles. The molecule has 0 N–H and O–H groups in total. The molecular formula is C42H26O. The van der Waals surface area contributed by atoms with Gasteiger partial charge in [-0.2, -0.15) is 0 Å². The molecule has 0 amide bonds. The second kappa shape index (κ2) is 9.44. The van der Waals surface area contributed by atoms with E-state index in [9.17, 15) is 6.85 Å². The predicted molar refractivity (Wildman–Crippen MR) is 183 cm³/mol. The van der Waals surface area contributed by atoms with E-state index in [-0.39, 0.29) is 65.3 Å². The molecule has 9 rings (SSSR count). The lowest BCUT2D eigenvalue weighted by Gasteiger charge is -2.18. The Morgan fingerprint density at radius 2 is 1.12 bits per heavy atom. The topological polar surface area (TPSA) is 13.1 Å². The molecular weight excluding hydrogens is 520 g/mol. The van der Waals surface area contributed by atoms with Crippen molar-refractivity contribution >= 4 is 54.1 Å². The maximum Gasteiger partial charge on any atom is 0.134 e. The standard InChI is InChI=1S/C42H26O/c1-2-12-32-27(9-1)10-7-17-33(32)34-18-8-11-28-19-21-30(25-39(28)34)41-35-13-3-5-15-37(35)42(38-16-6-4-14-36(38)41)31-22-20-29-23-24-43-40(29)26-31/h1-26H/i1D,2D,3D,4D,5D,6D,7D,9D,10D,12D,13D,14D,15D,16D,17D,20D,22D,23D,24D,26D. The van der Waals surface area contributed by atoms with Gasteiger partial charge in [-0.3, -0.25) is 0 Å². The smallest absolute Gasteiger partial charge is 0.134 e. The van der Waals surface area contributed by atoms with Crippen LogP contribution in [0.3, 0.4) is 0 Å². The highest BCUT2D eigenvalue weighted by Crippen LogP contribution is 2.45. The van der Waals surface area contributed by atoms with Crippen molar-refractivity contribution in [2.75, 3.05) is 0 Å². The van der Waals surface area contributed by atoms with Gasteiger partial charge in [0.2, 0.25) is 0 Å². The molecule has 0 saturated carbocycles. The fourth-order valence-corrected chi connectivity index (χ4v) is 5.63. The van der Waals surface area contributed by atoms with Gasteiger partial charge in [-0.1, -0.05) is 133 Å². The SMILES string of the molecule is [2H]c1oc2c([2H])c(-c3c4c([2H])c([2H])c([2H])c([2H])c4c(-c4ccc5cccc(-c6c([2H])c([2H])c([2H])c7c([2H])c([2H])c([2H])c([2H])c67)c5c4)c4c([2H])c([2H])c([2H])c([2H])c34)c([2H])c([2H])c2c1[2H]. The van der Waals surface area contributed by atoms with E-state index < -0.39 is 138 Å². The largest absolute Gasteiger partial charge is 0.464 e. The number of fused-ring (bicyclic) bond motifs is 5. The van der Waals surface area contributed by atoms with Crippen molar-refractivity contribution in [3.63, 3.8) is 0 Å². The molecule has 0 aliphatic carbocycles. The highest BCUT2D eigenvalue weighted by molar-refractivity contribution is 6.22. The molecule has 0 atom stereocenters. The van der Waals surface area contributed by atoms with E-state index in [1.807, 2.05) is 0 Å². The normalized spacial score (nSPS) is 18.2. The second-order valence-corrected chi connectivity index (χ2v) is 9.77. The first-order valence-corrected chi connectivity index (χ1v) is 13.1. The number of benzene rings is 8. The molecule has 1 nitrogen and oxygen atoms in total. The van der Waals surface area contributed by atoms with Crippen LogP contribution in [0.5, 0.6) is 0 Å². The van der Waals surface area contributed by atoms with Crippen LogP contribution in [-0.2, 0) is 0 Å². The summed E-state index contributed by atoms with van der Waals surface area (Å²) in [6, 6.07) is -3.10. The van der Waals surface area contributed by atoms with Gasteiger partial charge in [-0.05, 0) is 94.6 Å². The molecule has 0 radical (unpaired) electrons. The van der Waals surface area contributed by atoms with Gasteiger partial charge >= 0.3 is 0 Å². The highest BCUT2D eigenvalue weighted by Gasteiger charge is 2.18. The molecule has 1 heteroatoms. The van der Waals surface area contributed by atoms with Crippen molar-refractivity contribution in [3.05, 3.63) is 157 Å². The molecule has 0 spiro atoms. The molecule has 200 valence electrons. The molecule has 0 fully saturated rings. The molecule has 43 heavy (non-hydrogen) atoms. The Bertz CT molecular complexity index is 3540. The summed E-state index contributed by atoms with van der Waals surface area (Å²) in [6.07, 6.45) is -0.714. The Hall–Kier alpha value is -5.66. The first kappa shape index (κ1) is 11.6. The fraction of sp³-hybridized carbons (Fsp3) is 0. The summed E-state index contributed by atoms with van der Waals surface area (Å²) >= 11 is 0. The number of hydrogen-bond donors (Lipinski definition) is 0. The second-order valence-electron chi connectivity index (χ2n) is 9.77. The summed E-state index contributed by atoms with van der Waals surface area (Å²) in [4.78, 5) is 0. The minimum atomic E-state index is -0.769. The molecule has 0 unspecified atom stereocenters. The fourth-order valence-electron chi connectivity index (χ4n) is 5.63. The van der Waals surface area contributed by atoms with Gasteiger partial charge < -0.3 is 4.42 Å². The van der Waals surface area contributed by atoms with Crippen LogP contribution in [0.4, 0.5) is 0 Å². The van der Waals surface area contributed by atoms with Crippen molar-refractivity contribution in [3.8, 4) is 33.4 Å². The van der Waals surface area contributed by atoms with Crippen LogP contribution in [0.15, 0.2) is 162 Å². The third-order valence-electron chi connectivity index (χ3n) is 7.48. The predicted octanol–water partition coefficient (Wildman–Crippen LogP) is 12.0. The van der Waals surface area contributed by atoms with Crippen molar-refractivity contribution in [1.29, 1.82) is 0 Å². The molecule has 0 saturated heterocycles.